The van der Waals surface area contributed by atoms with E-state index in [2.05, 4.69) is 15.2 Å². The van der Waals surface area contributed by atoms with E-state index in [1.54, 1.807) is 6.26 Å². The predicted octanol–water partition coefficient (Wildman–Crippen LogP) is 1.72. The van der Waals surface area contributed by atoms with E-state index in [9.17, 15) is 4.79 Å². The second kappa shape index (κ2) is 5.48. The van der Waals surface area contributed by atoms with Gasteiger partial charge in [0, 0.05) is 18.8 Å². The van der Waals surface area contributed by atoms with Crippen LogP contribution in [0, 0.1) is 0 Å². The quantitative estimate of drug-likeness (QED) is 0.905. The molecule has 0 radical (unpaired) electrons. The number of nitrogens with one attached hydrogen (secondary N) is 1. The molecule has 100 valence electrons. The van der Waals surface area contributed by atoms with Crippen LogP contribution in [0.5, 0.6) is 0 Å². The molecule has 6 nitrogen and oxygen atoms in total. The molecule has 2 aromatic heterocycles. The van der Waals surface area contributed by atoms with Crippen LogP contribution in [0.1, 0.15) is 28.0 Å². The van der Waals surface area contributed by atoms with Crippen LogP contribution in [0.4, 0.5) is 0 Å². The van der Waals surface area contributed by atoms with E-state index < -0.39 is 0 Å². The lowest BCUT2D eigenvalue weighted by Crippen LogP contribution is -2.33. The molecule has 7 heteroatoms. The molecule has 0 aromatic carbocycles. The Hall–Kier alpha value is -1.76. The van der Waals surface area contributed by atoms with Crippen molar-refractivity contribution < 1.29 is 9.21 Å². The molecule has 1 atom stereocenters. The summed E-state index contributed by atoms with van der Waals surface area (Å²) in [7, 11) is 0. The van der Waals surface area contributed by atoms with Crippen molar-refractivity contribution in [3.8, 4) is 0 Å². The highest BCUT2D eigenvalue weighted by Crippen LogP contribution is 2.34. The minimum atomic E-state index is -0.0850. The molecule has 3 rings (SSSR count). The van der Waals surface area contributed by atoms with Gasteiger partial charge >= 0.3 is 0 Å². The van der Waals surface area contributed by atoms with Gasteiger partial charge in [0.15, 0.2) is 0 Å². The Morgan fingerprint density at radius 3 is 3.21 bits per heavy atom. The van der Waals surface area contributed by atoms with Gasteiger partial charge in [-0.25, -0.2) is 4.98 Å². The van der Waals surface area contributed by atoms with E-state index in [-0.39, 0.29) is 5.91 Å². The standard InChI is InChI=1S/C12H14N4O2S/c17-12(11-13-8-14-15-11)16-4-3-10(19-7-5-16)9-2-1-6-18-9/h1-2,6,8,10H,3-5,7H2,(H,13,14,15). The van der Waals surface area contributed by atoms with Gasteiger partial charge in [0.1, 0.15) is 12.1 Å². The van der Waals surface area contributed by atoms with Crippen LogP contribution in [-0.4, -0.2) is 44.8 Å². The monoisotopic (exact) mass is 278 g/mol. The summed E-state index contributed by atoms with van der Waals surface area (Å²) in [4.78, 5) is 17.9. The van der Waals surface area contributed by atoms with E-state index in [0.717, 1.165) is 24.5 Å². The van der Waals surface area contributed by atoms with Gasteiger partial charge in [-0.15, -0.1) is 11.8 Å². The first kappa shape index (κ1) is 12.3. The molecule has 1 aliphatic heterocycles. The SMILES string of the molecule is O=C(c1ncn[nH]1)N1CCSC(c2ccco2)CC1. The Morgan fingerprint density at radius 2 is 2.47 bits per heavy atom. The summed E-state index contributed by atoms with van der Waals surface area (Å²) in [6, 6.07) is 3.89. The van der Waals surface area contributed by atoms with Gasteiger partial charge in [0.05, 0.1) is 11.5 Å². The third-order valence-corrected chi connectivity index (χ3v) is 4.40. The molecule has 1 N–H and O–H groups in total. The summed E-state index contributed by atoms with van der Waals surface area (Å²) in [6.45, 7) is 1.43. The van der Waals surface area contributed by atoms with E-state index in [1.807, 2.05) is 28.8 Å². The molecule has 0 aliphatic carbocycles. The van der Waals surface area contributed by atoms with Crippen molar-refractivity contribution in [2.24, 2.45) is 0 Å². The maximum atomic E-state index is 12.2. The van der Waals surface area contributed by atoms with Crippen molar-refractivity contribution in [2.75, 3.05) is 18.8 Å². The Morgan fingerprint density at radius 1 is 1.53 bits per heavy atom. The highest BCUT2D eigenvalue weighted by atomic mass is 32.2. The average Bonchev–Trinajstić information content (AvgIpc) is 3.08. The number of carbonyl (C=O) groups excluding carboxylic acids is 1. The van der Waals surface area contributed by atoms with E-state index in [0.29, 0.717) is 17.6 Å². The zero-order valence-corrected chi connectivity index (χ0v) is 11.1. The van der Waals surface area contributed by atoms with Crippen molar-refractivity contribution in [3.05, 3.63) is 36.3 Å². The number of nitrogens with zero attached hydrogens (tertiary/aromatic N) is 3. The van der Waals surface area contributed by atoms with Crippen LogP contribution in [0.2, 0.25) is 0 Å². The molecule has 1 amide bonds. The van der Waals surface area contributed by atoms with Crippen LogP contribution in [0.15, 0.2) is 29.1 Å². The van der Waals surface area contributed by atoms with Crippen molar-refractivity contribution in [1.29, 1.82) is 0 Å². The third-order valence-electron chi connectivity index (χ3n) is 3.11. The van der Waals surface area contributed by atoms with Crippen LogP contribution in [0.3, 0.4) is 0 Å². The van der Waals surface area contributed by atoms with E-state index in [4.69, 9.17) is 4.42 Å². The van der Waals surface area contributed by atoms with Gasteiger partial charge < -0.3 is 9.32 Å². The third kappa shape index (κ3) is 2.65. The predicted molar refractivity (Wildman–Crippen MR) is 70.8 cm³/mol. The van der Waals surface area contributed by atoms with Crippen LogP contribution < -0.4 is 0 Å². The number of aromatic nitrogens is 3. The summed E-state index contributed by atoms with van der Waals surface area (Å²) in [5.74, 6) is 2.10. The molecule has 1 aliphatic rings. The number of H-pyrrole nitrogens is 1. The van der Waals surface area contributed by atoms with Crippen LogP contribution >= 0.6 is 11.8 Å². The highest BCUT2D eigenvalue weighted by Gasteiger charge is 2.25. The Kier molecular flexibility index (Phi) is 3.54. The second-order valence-electron chi connectivity index (χ2n) is 4.29. The summed E-state index contributed by atoms with van der Waals surface area (Å²) in [6.07, 6.45) is 3.93. The van der Waals surface area contributed by atoms with Gasteiger partial charge in [0.2, 0.25) is 5.82 Å². The normalized spacial score (nSPS) is 20.2. The lowest BCUT2D eigenvalue weighted by Gasteiger charge is -2.18. The lowest BCUT2D eigenvalue weighted by atomic mass is 10.2. The largest absolute Gasteiger partial charge is 0.468 e. The molecule has 0 saturated carbocycles. The van der Waals surface area contributed by atoms with Gasteiger partial charge in [0.25, 0.3) is 5.91 Å². The first-order valence-electron chi connectivity index (χ1n) is 6.14. The van der Waals surface area contributed by atoms with Gasteiger partial charge in [-0.3, -0.25) is 9.89 Å². The fourth-order valence-electron chi connectivity index (χ4n) is 2.13. The number of thioether (sulfide) groups is 1. The fraction of sp³-hybridized carbons (Fsp3) is 0.417. The maximum absolute atomic E-state index is 12.2. The number of rotatable bonds is 2. The number of amides is 1. The second-order valence-corrected chi connectivity index (χ2v) is 5.60. The van der Waals surface area contributed by atoms with E-state index >= 15 is 0 Å². The fourth-order valence-corrected chi connectivity index (χ4v) is 3.31. The molecular weight excluding hydrogens is 264 g/mol. The van der Waals surface area contributed by atoms with Crippen molar-refractivity contribution in [2.45, 2.75) is 11.7 Å². The maximum Gasteiger partial charge on any atom is 0.291 e. The first-order valence-corrected chi connectivity index (χ1v) is 7.19. The molecule has 1 saturated heterocycles. The summed E-state index contributed by atoms with van der Waals surface area (Å²) < 4.78 is 5.44. The Labute approximate surface area is 114 Å². The lowest BCUT2D eigenvalue weighted by molar-refractivity contribution is 0.0754. The first-order chi connectivity index (χ1) is 9.34. The summed E-state index contributed by atoms with van der Waals surface area (Å²) in [5, 5.41) is 6.65. The van der Waals surface area contributed by atoms with Crippen molar-refractivity contribution in [3.63, 3.8) is 0 Å². The zero-order valence-electron chi connectivity index (χ0n) is 10.3. The van der Waals surface area contributed by atoms with Crippen LogP contribution in [0.25, 0.3) is 0 Å². The number of furan rings is 1. The number of hydrogen-bond donors (Lipinski definition) is 1. The molecular formula is C12H14N4O2S. The molecule has 0 bridgehead atoms. The minimum Gasteiger partial charge on any atom is -0.468 e. The molecule has 3 heterocycles. The highest BCUT2D eigenvalue weighted by molar-refractivity contribution is 7.99. The van der Waals surface area contributed by atoms with E-state index in [1.165, 1.54) is 6.33 Å². The molecule has 2 aromatic rings. The molecule has 1 unspecified atom stereocenters. The number of carbonyl (C=O) groups is 1. The summed E-state index contributed by atoms with van der Waals surface area (Å²) >= 11 is 1.83. The minimum absolute atomic E-state index is 0.0850. The van der Waals surface area contributed by atoms with Crippen molar-refractivity contribution >= 4 is 17.7 Å². The average molecular weight is 278 g/mol. The number of hydrogen-bond acceptors (Lipinski definition) is 5. The van der Waals surface area contributed by atoms with Crippen LogP contribution in [-0.2, 0) is 0 Å². The smallest absolute Gasteiger partial charge is 0.291 e. The zero-order chi connectivity index (χ0) is 13.1. The molecule has 1 fully saturated rings. The molecule has 0 spiro atoms. The number of aromatic amines is 1. The Balaban J connectivity index is 1.66. The Bertz CT molecular complexity index is 526. The van der Waals surface area contributed by atoms with Gasteiger partial charge in [-0.05, 0) is 18.6 Å². The molecule has 19 heavy (non-hydrogen) atoms. The summed E-state index contributed by atoms with van der Waals surface area (Å²) in [5.41, 5.74) is 0. The van der Waals surface area contributed by atoms with Gasteiger partial charge in [-0.1, -0.05) is 0 Å². The van der Waals surface area contributed by atoms with Crippen molar-refractivity contribution in [1.82, 2.24) is 20.1 Å². The van der Waals surface area contributed by atoms with Gasteiger partial charge in [-0.2, -0.15) is 5.10 Å². The topological polar surface area (TPSA) is 75.0 Å².